The summed E-state index contributed by atoms with van der Waals surface area (Å²) in [6, 6.07) is 12.2. The first kappa shape index (κ1) is 25.6. The van der Waals surface area contributed by atoms with Crippen LogP contribution in [0.25, 0.3) is 0 Å². The van der Waals surface area contributed by atoms with Gasteiger partial charge in [0.05, 0.1) is 11.3 Å². The second-order valence-corrected chi connectivity index (χ2v) is 9.45. The lowest BCUT2D eigenvalue weighted by Crippen LogP contribution is -2.32. The number of aromatic nitrogens is 2. The first-order valence-electron chi connectivity index (χ1n) is 11.6. The van der Waals surface area contributed by atoms with E-state index in [1.165, 1.54) is 11.2 Å². The predicted molar refractivity (Wildman–Crippen MR) is 138 cm³/mol. The molecule has 0 saturated heterocycles. The monoisotopic (exact) mass is 478 g/mol. The van der Waals surface area contributed by atoms with E-state index in [2.05, 4.69) is 39.4 Å². The number of hydrogen-bond donors (Lipinski definition) is 1. The molecule has 34 heavy (non-hydrogen) atoms. The van der Waals surface area contributed by atoms with E-state index in [-0.39, 0.29) is 12.0 Å². The second-order valence-electron chi connectivity index (χ2n) is 8.47. The molecule has 0 aliphatic carbocycles. The molecule has 1 atom stereocenters. The standard InChI is InChI=1S/C27H34N4O2S/c1-20(2)7-5-15-31(27(32)24-17-29-19-30-21(24)3)18-22-9-11-23(12-10-22)33-25(13-14-28-4)26-8-6-16-34-26/h6,8-12,16-17,19,25,28H,1,5,7,13-15,18H2,2-4H3/t25-/m0/s1. The number of nitrogens with one attached hydrogen (secondary N) is 1. The quantitative estimate of drug-likeness (QED) is 0.325. The fourth-order valence-corrected chi connectivity index (χ4v) is 4.45. The molecular weight excluding hydrogens is 444 g/mol. The number of amides is 1. The van der Waals surface area contributed by atoms with E-state index in [0.717, 1.165) is 42.7 Å². The number of hydrogen-bond acceptors (Lipinski definition) is 6. The van der Waals surface area contributed by atoms with Crippen molar-refractivity contribution in [3.63, 3.8) is 0 Å². The van der Waals surface area contributed by atoms with Gasteiger partial charge in [0, 0.05) is 30.6 Å². The number of carbonyl (C=O) groups is 1. The maximum absolute atomic E-state index is 13.3. The third-order valence-corrected chi connectivity index (χ3v) is 6.52. The van der Waals surface area contributed by atoms with Crippen LogP contribution in [0.15, 0.2) is 66.5 Å². The Morgan fingerprint density at radius 3 is 2.71 bits per heavy atom. The van der Waals surface area contributed by atoms with Crippen molar-refractivity contribution in [3.05, 3.63) is 88.2 Å². The van der Waals surface area contributed by atoms with Crippen LogP contribution < -0.4 is 10.1 Å². The second kappa shape index (κ2) is 13.0. The highest BCUT2D eigenvalue weighted by atomic mass is 32.1. The van der Waals surface area contributed by atoms with Gasteiger partial charge in [0.2, 0.25) is 0 Å². The Balaban J connectivity index is 1.71. The smallest absolute Gasteiger partial charge is 0.257 e. The van der Waals surface area contributed by atoms with Gasteiger partial charge in [-0.3, -0.25) is 4.79 Å². The Kier molecular flexibility index (Phi) is 9.79. The number of thiophene rings is 1. The van der Waals surface area contributed by atoms with E-state index < -0.39 is 0 Å². The van der Waals surface area contributed by atoms with Crippen molar-refractivity contribution in [2.75, 3.05) is 20.1 Å². The average molecular weight is 479 g/mol. The Morgan fingerprint density at radius 1 is 1.26 bits per heavy atom. The van der Waals surface area contributed by atoms with Crippen LogP contribution in [0, 0.1) is 6.92 Å². The zero-order valence-corrected chi connectivity index (χ0v) is 21.1. The number of carbonyl (C=O) groups excluding carboxylic acids is 1. The summed E-state index contributed by atoms with van der Waals surface area (Å²) in [4.78, 5) is 24.6. The highest BCUT2D eigenvalue weighted by molar-refractivity contribution is 7.10. The number of ether oxygens (including phenoxy) is 1. The molecule has 0 bridgehead atoms. The van der Waals surface area contributed by atoms with Crippen molar-refractivity contribution in [1.29, 1.82) is 0 Å². The lowest BCUT2D eigenvalue weighted by molar-refractivity contribution is 0.0739. The molecule has 0 spiro atoms. The van der Waals surface area contributed by atoms with Crippen LogP contribution in [0.4, 0.5) is 0 Å². The normalized spacial score (nSPS) is 11.7. The fraction of sp³-hybridized carbons (Fsp3) is 0.370. The average Bonchev–Trinajstić information content (AvgIpc) is 3.37. The Morgan fingerprint density at radius 2 is 2.06 bits per heavy atom. The molecular formula is C27H34N4O2S. The van der Waals surface area contributed by atoms with Gasteiger partial charge in [0.25, 0.3) is 5.91 Å². The Hall–Kier alpha value is -3.03. The molecule has 2 heterocycles. The largest absolute Gasteiger partial charge is 0.485 e. The van der Waals surface area contributed by atoms with Crippen molar-refractivity contribution >= 4 is 17.2 Å². The van der Waals surface area contributed by atoms with Crippen LogP contribution in [-0.2, 0) is 6.54 Å². The summed E-state index contributed by atoms with van der Waals surface area (Å²) in [7, 11) is 1.95. The molecule has 0 radical (unpaired) electrons. The van der Waals surface area contributed by atoms with Crippen molar-refractivity contribution < 1.29 is 9.53 Å². The molecule has 0 unspecified atom stereocenters. The van der Waals surface area contributed by atoms with Gasteiger partial charge in [-0.05, 0) is 69.4 Å². The summed E-state index contributed by atoms with van der Waals surface area (Å²) in [6.45, 7) is 9.87. The third kappa shape index (κ3) is 7.50. The number of allylic oxidation sites excluding steroid dienone is 1. The molecule has 1 amide bonds. The lowest BCUT2D eigenvalue weighted by Gasteiger charge is -2.24. The molecule has 180 valence electrons. The molecule has 0 fully saturated rings. The van der Waals surface area contributed by atoms with Crippen LogP contribution in [0.3, 0.4) is 0 Å². The van der Waals surface area contributed by atoms with Gasteiger partial charge in [0.15, 0.2) is 0 Å². The van der Waals surface area contributed by atoms with Gasteiger partial charge in [-0.1, -0.05) is 23.8 Å². The molecule has 7 heteroatoms. The summed E-state index contributed by atoms with van der Waals surface area (Å²) >= 11 is 1.71. The Bertz CT molecular complexity index is 1050. The molecule has 2 aromatic heterocycles. The molecule has 1 N–H and O–H groups in total. The van der Waals surface area contributed by atoms with Crippen LogP contribution >= 0.6 is 11.3 Å². The Labute approximate surface area is 206 Å². The SMILES string of the molecule is C=C(C)CCCN(Cc1ccc(O[C@@H](CCNC)c2cccs2)cc1)C(=O)c1cncnc1C. The summed E-state index contributed by atoms with van der Waals surface area (Å²) in [6.07, 6.45) is 5.72. The van der Waals surface area contributed by atoms with Crippen LogP contribution in [0.5, 0.6) is 5.75 Å². The zero-order valence-electron chi connectivity index (χ0n) is 20.3. The highest BCUT2D eigenvalue weighted by Gasteiger charge is 2.19. The summed E-state index contributed by atoms with van der Waals surface area (Å²) in [5.74, 6) is 0.774. The van der Waals surface area contributed by atoms with Crippen molar-refractivity contribution in [2.45, 2.75) is 45.8 Å². The van der Waals surface area contributed by atoms with E-state index in [1.54, 1.807) is 17.5 Å². The van der Waals surface area contributed by atoms with E-state index in [9.17, 15) is 4.79 Å². The molecule has 6 nitrogen and oxygen atoms in total. The zero-order chi connectivity index (χ0) is 24.3. The van der Waals surface area contributed by atoms with Crippen molar-refractivity contribution in [1.82, 2.24) is 20.2 Å². The molecule has 0 saturated carbocycles. The predicted octanol–water partition coefficient (Wildman–Crippen LogP) is 5.57. The van der Waals surface area contributed by atoms with Gasteiger partial charge in [-0.25, -0.2) is 9.97 Å². The summed E-state index contributed by atoms with van der Waals surface area (Å²) in [5.41, 5.74) is 3.40. The summed E-state index contributed by atoms with van der Waals surface area (Å²) < 4.78 is 6.31. The first-order valence-corrected chi connectivity index (χ1v) is 12.5. The van der Waals surface area contributed by atoms with Gasteiger partial charge >= 0.3 is 0 Å². The molecule has 3 rings (SSSR count). The minimum absolute atomic E-state index is 0.0135. The van der Waals surface area contributed by atoms with Gasteiger partial charge in [-0.15, -0.1) is 17.9 Å². The number of benzene rings is 1. The van der Waals surface area contributed by atoms with Crippen LogP contribution in [0.2, 0.25) is 0 Å². The van der Waals surface area contributed by atoms with E-state index in [0.29, 0.717) is 24.3 Å². The lowest BCUT2D eigenvalue weighted by atomic mass is 10.1. The molecule has 0 aliphatic rings. The highest BCUT2D eigenvalue weighted by Crippen LogP contribution is 2.28. The van der Waals surface area contributed by atoms with E-state index in [4.69, 9.17) is 4.74 Å². The molecule has 0 aliphatic heterocycles. The number of rotatable bonds is 13. The number of nitrogens with zero attached hydrogens (tertiary/aromatic N) is 3. The topological polar surface area (TPSA) is 67.3 Å². The van der Waals surface area contributed by atoms with E-state index >= 15 is 0 Å². The third-order valence-electron chi connectivity index (χ3n) is 5.55. The van der Waals surface area contributed by atoms with Crippen LogP contribution in [0.1, 0.15) is 58.8 Å². The summed E-state index contributed by atoms with van der Waals surface area (Å²) in [5, 5.41) is 5.28. The fourth-order valence-electron chi connectivity index (χ4n) is 3.66. The van der Waals surface area contributed by atoms with Gasteiger partial charge in [-0.2, -0.15) is 0 Å². The number of aryl methyl sites for hydroxylation is 1. The van der Waals surface area contributed by atoms with Crippen molar-refractivity contribution in [3.8, 4) is 5.75 Å². The maximum Gasteiger partial charge on any atom is 0.257 e. The minimum atomic E-state index is -0.0510. The maximum atomic E-state index is 13.3. The molecule has 1 aromatic carbocycles. The first-order chi connectivity index (χ1) is 16.5. The van der Waals surface area contributed by atoms with Gasteiger partial charge < -0.3 is 15.0 Å². The minimum Gasteiger partial charge on any atom is -0.485 e. The van der Waals surface area contributed by atoms with E-state index in [1.807, 2.05) is 50.1 Å². The van der Waals surface area contributed by atoms with Crippen LogP contribution in [-0.4, -0.2) is 40.9 Å². The van der Waals surface area contributed by atoms with Gasteiger partial charge in [0.1, 0.15) is 18.2 Å². The molecule has 3 aromatic rings. The van der Waals surface area contributed by atoms with Crippen molar-refractivity contribution in [2.24, 2.45) is 0 Å².